The Hall–Kier alpha value is -2.65. The molecule has 2 heterocycles. The molecule has 1 saturated heterocycles. The van der Waals surface area contributed by atoms with Gasteiger partial charge in [0, 0.05) is 19.6 Å². The molecule has 2 aliphatic rings. The first-order valence-electron chi connectivity index (χ1n) is 7.94. The van der Waals surface area contributed by atoms with Crippen LogP contribution in [0.4, 0.5) is 0 Å². The van der Waals surface area contributed by atoms with E-state index < -0.39 is 11.2 Å². The summed E-state index contributed by atoms with van der Waals surface area (Å²) in [5, 5.41) is 13.9. The zero-order valence-electron chi connectivity index (χ0n) is 13.9. The third-order valence-electron chi connectivity index (χ3n) is 3.95. The molecule has 0 saturated carbocycles. The van der Waals surface area contributed by atoms with E-state index in [-0.39, 0.29) is 11.6 Å². The monoisotopic (exact) mass is 348 g/mol. The summed E-state index contributed by atoms with van der Waals surface area (Å²) in [4.78, 5) is 17.0. The largest absolute Gasteiger partial charge is 0.478 e. The molecule has 2 aliphatic heterocycles. The lowest BCUT2D eigenvalue weighted by Gasteiger charge is -2.26. The molecule has 3 rings (SSSR count). The predicted octanol–water partition coefficient (Wildman–Crippen LogP) is 0.947. The number of hydrogen-bond acceptors (Lipinski definition) is 8. The number of aliphatic imine (C=N–C) groups is 1. The second-order valence-corrected chi connectivity index (χ2v) is 5.60. The second kappa shape index (κ2) is 7.95. The Kier molecular flexibility index (Phi) is 5.46. The highest BCUT2D eigenvalue weighted by molar-refractivity contribution is 5.59. The highest BCUT2D eigenvalue weighted by Gasteiger charge is 2.34. The van der Waals surface area contributed by atoms with Crippen molar-refractivity contribution in [3.05, 3.63) is 51.5 Å². The van der Waals surface area contributed by atoms with Gasteiger partial charge in [0.15, 0.2) is 0 Å². The van der Waals surface area contributed by atoms with Crippen LogP contribution in [0.5, 0.6) is 5.75 Å². The molecule has 1 unspecified atom stereocenters. The molecule has 1 atom stereocenters. The van der Waals surface area contributed by atoms with Gasteiger partial charge in [-0.05, 0) is 17.7 Å². The van der Waals surface area contributed by atoms with Crippen molar-refractivity contribution in [3.8, 4) is 5.75 Å². The molecule has 134 valence electrons. The predicted molar refractivity (Wildman–Crippen MR) is 89.6 cm³/mol. The van der Waals surface area contributed by atoms with Gasteiger partial charge in [0.2, 0.25) is 0 Å². The Morgan fingerprint density at radius 3 is 2.72 bits per heavy atom. The number of methoxy groups -OCH3 is 1. The molecule has 1 fully saturated rings. The molecule has 0 spiro atoms. The van der Waals surface area contributed by atoms with Crippen molar-refractivity contribution >= 4 is 6.34 Å². The van der Waals surface area contributed by atoms with Crippen LogP contribution in [0.2, 0.25) is 0 Å². The highest BCUT2D eigenvalue weighted by atomic mass is 16.6. The Morgan fingerprint density at radius 1 is 1.36 bits per heavy atom. The molecular formula is C16H20N4O5. The lowest BCUT2D eigenvalue weighted by molar-refractivity contribution is -0.438. The molecular weight excluding hydrogens is 328 g/mol. The summed E-state index contributed by atoms with van der Waals surface area (Å²) in [6.45, 7) is 4.18. The Labute approximate surface area is 145 Å². The molecule has 25 heavy (non-hydrogen) atoms. The maximum absolute atomic E-state index is 11.3. The Balaban J connectivity index is 1.66. The first-order valence-corrected chi connectivity index (χ1v) is 7.94. The number of benzene rings is 1. The minimum atomic E-state index is -1.06. The van der Waals surface area contributed by atoms with Gasteiger partial charge in [0.1, 0.15) is 5.75 Å². The summed E-state index contributed by atoms with van der Waals surface area (Å²) >= 11 is 0. The molecule has 0 amide bonds. The molecule has 9 heteroatoms. The van der Waals surface area contributed by atoms with E-state index in [4.69, 9.17) is 14.2 Å². The standard InChI is InChI=1S/C16H20N4O5/c1-23-15-14(20(21)22)16(18-11-17-15)25-13-4-2-12(3-5-13)10-19-6-8-24-9-7-19/h2-5,11,16H,6-10H2,1H3,(H,17,18). The van der Waals surface area contributed by atoms with Crippen molar-refractivity contribution in [1.82, 2.24) is 10.2 Å². The van der Waals surface area contributed by atoms with E-state index in [1.807, 2.05) is 12.1 Å². The fourth-order valence-corrected chi connectivity index (χ4v) is 2.66. The van der Waals surface area contributed by atoms with Gasteiger partial charge >= 0.3 is 5.70 Å². The molecule has 1 aromatic rings. The van der Waals surface area contributed by atoms with E-state index in [2.05, 4.69) is 15.2 Å². The molecule has 0 aromatic heterocycles. The van der Waals surface area contributed by atoms with Crippen molar-refractivity contribution in [2.45, 2.75) is 12.8 Å². The number of rotatable bonds is 6. The Bertz CT molecular complexity index is 668. The van der Waals surface area contributed by atoms with E-state index in [1.165, 1.54) is 13.4 Å². The van der Waals surface area contributed by atoms with Crippen molar-refractivity contribution in [2.75, 3.05) is 33.4 Å². The fraction of sp³-hybridized carbons (Fsp3) is 0.438. The average Bonchev–Trinajstić information content (AvgIpc) is 2.63. The molecule has 0 aliphatic carbocycles. The number of nitrogens with zero attached hydrogens (tertiary/aromatic N) is 3. The van der Waals surface area contributed by atoms with Crippen LogP contribution in [0, 0.1) is 10.1 Å². The summed E-state index contributed by atoms with van der Waals surface area (Å²) in [5.41, 5.74) is 0.882. The fourth-order valence-electron chi connectivity index (χ4n) is 2.66. The Morgan fingerprint density at radius 2 is 2.08 bits per heavy atom. The summed E-state index contributed by atoms with van der Waals surface area (Å²) < 4.78 is 16.0. The second-order valence-electron chi connectivity index (χ2n) is 5.60. The van der Waals surface area contributed by atoms with Gasteiger partial charge in [0.25, 0.3) is 12.1 Å². The molecule has 0 radical (unpaired) electrons. The first-order chi connectivity index (χ1) is 12.2. The summed E-state index contributed by atoms with van der Waals surface area (Å²) in [6.07, 6.45) is 0.264. The number of nitro groups is 1. The lowest BCUT2D eigenvalue weighted by Crippen LogP contribution is -2.35. The third-order valence-corrected chi connectivity index (χ3v) is 3.95. The zero-order chi connectivity index (χ0) is 17.6. The van der Waals surface area contributed by atoms with E-state index >= 15 is 0 Å². The van der Waals surface area contributed by atoms with Gasteiger partial charge in [-0.3, -0.25) is 15.0 Å². The minimum absolute atomic E-state index is 0.0222. The summed E-state index contributed by atoms with van der Waals surface area (Å²) in [7, 11) is 1.35. The summed E-state index contributed by atoms with van der Waals surface area (Å²) in [6, 6.07) is 7.47. The van der Waals surface area contributed by atoms with E-state index in [9.17, 15) is 10.1 Å². The maximum atomic E-state index is 11.3. The maximum Gasteiger partial charge on any atom is 0.368 e. The van der Waals surface area contributed by atoms with Crippen LogP contribution in [-0.4, -0.2) is 55.8 Å². The van der Waals surface area contributed by atoms with Gasteiger partial charge in [-0.15, -0.1) is 0 Å². The van der Waals surface area contributed by atoms with Gasteiger partial charge in [-0.2, -0.15) is 0 Å². The lowest BCUT2D eigenvalue weighted by atomic mass is 10.2. The van der Waals surface area contributed by atoms with Gasteiger partial charge in [-0.1, -0.05) is 12.1 Å². The van der Waals surface area contributed by atoms with Gasteiger partial charge in [0.05, 0.1) is 31.6 Å². The van der Waals surface area contributed by atoms with Crippen LogP contribution >= 0.6 is 0 Å². The van der Waals surface area contributed by atoms with Gasteiger partial charge < -0.3 is 19.5 Å². The average molecular weight is 348 g/mol. The summed E-state index contributed by atoms with van der Waals surface area (Å²) in [5.74, 6) is 0.526. The number of ether oxygens (including phenoxy) is 3. The van der Waals surface area contributed by atoms with Crippen molar-refractivity contribution in [3.63, 3.8) is 0 Å². The normalized spacial score (nSPS) is 20.9. The van der Waals surface area contributed by atoms with Crippen LogP contribution in [0.25, 0.3) is 0 Å². The molecule has 9 nitrogen and oxygen atoms in total. The molecule has 0 bridgehead atoms. The minimum Gasteiger partial charge on any atom is -0.478 e. The van der Waals surface area contributed by atoms with Crippen LogP contribution < -0.4 is 10.1 Å². The SMILES string of the molecule is COC1=C([N+](=O)[O-])C(Oc2ccc(CN3CCOCC3)cc2)N=CN1. The molecule has 1 N–H and O–H groups in total. The smallest absolute Gasteiger partial charge is 0.368 e. The van der Waals surface area contributed by atoms with Crippen molar-refractivity contribution in [2.24, 2.45) is 4.99 Å². The zero-order valence-corrected chi connectivity index (χ0v) is 13.9. The van der Waals surface area contributed by atoms with Crippen LogP contribution in [0.15, 0.2) is 40.8 Å². The first kappa shape index (κ1) is 17.2. The van der Waals surface area contributed by atoms with Gasteiger partial charge in [-0.25, -0.2) is 4.99 Å². The number of nitrogens with one attached hydrogen (secondary N) is 1. The van der Waals surface area contributed by atoms with E-state index in [0.29, 0.717) is 5.75 Å². The van der Waals surface area contributed by atoms with E-state index in [0.717, 1.165) is 38.4 Å². The third kappa shape index (κ3) is 4.25. The van der Waals surface area contributed by atoms with Crippen molar-refractivity contribution in [1.29, 1.82) is 0 Å². The van der Waals surface area contributed by atoms with Crippen LogP contribution in [-0.2, 0) is 16.0 Å². The topological polar surface area (TPSA) is 98.5 Å². The van der Waals surface area contributed by atoms with Crippen LogP contribution in [0.3, 0.4) is 0 Å². The number of hydrogen-bond donors (Lipinski definition) is 1. The number of morpholine rings is 1. The quantitative estimate of drug-likeness (QED) is 0.603. The van der Waals surface area contributed by atoms with E-state index in [1.54, 1.807) is 12.1 Å². The van der Waals surface area contributed by atoms with Crippen molar-refractivity contribution < 1.29 is 19.1 Å². The highest BCUT2D eigenvalue weighted by Crippen LogP contribution is 2.21. The molecule has 1 aromatic carbocycles. The van der Waals surface area contributed by atoms with Crippen LogP contribution in [0.1, 0.15) is 5.56 Å².